The Morgan fingerprint density at radius 1 is 1.03 bits per heavy atom. The first-order valence-electron chi connectivity index (χ1n) is 10.1. The Labute approximate surface area is 191 Å². The number of carbonyl (C=O) groups is 2. The summed E-state index contributed by atoms with van der Waals surface area (Å²) in [5.74, 6) is -0.756. The first kappa shape index (κ1) is 25.0. The molecule has 168 valence electrons. The third-order valence-corrected chi connectivity index (χ3v) is 6.48. The standard InChI is InChI=1S/C22H27BrN2O5S/c1-3-5-6-20(25-31(28,29)19-13-9-17(23)10-14-19)22(27)24-18-11-7-16(8-12-18)15-21(26)30-4-2/h7-14,20,25H,3-6,15H2,1-2H3,(H,24,27). The Morgan fingerprint density at radius 2 is 1.68 bits per heavy atom. The number of rotatable bonds is 11. The summed E-state index contributed by atoms with van der Waals surface area (Å²) >= 11 is 3.28. The van der Waals surface area contributed by atoms with E-state index in [0.717, 1.165) is 16.5 Å². The van der Waals surface area contributed by atoms with Crippen LogP contribution in [0.1, 0.15) is 38.7 Å². The summed E-state index contributed by atoms with van der Waals surface area (Å²) < 4.78 is 33.7. The summed E-state index contributed by atoms with van der Waals surface area (Å²) in [6.45, 7) is 4.04. The van der Waals surface area contributed by atoms with Gasteiger partial charge in [-0.25, -0.2) is 8.42 Å². The van der Waals surface area contributed by atoms with E-state index in [0.29, 0.717) is 25.1 Å². The molecule has 0 bridgehead atoms. The van der Waals surface area contributed by atoms with Gasteiger partial charge in [0.2, 0.25) is 15.9 Å². The lowest BCUT2D eigenvalue weighted by Crippen LogP contribution is -2.43. The Balaban J connectivity index is 2.08. The lowest BCUT2D eigenvalue weighted by molar-refractivity contribution is -0.142. The molecule has 2 rings (SSSR count). The molecule has 9 heteroatoms. The fraction of sp³-hybridized carbons (Fsp3) is 0.364. The maximum atomic E-state index is 12.8. The van der Waals surface area contributed by atoms with Crippen molar-refractivity contribution in [3.63, 3.8) is 0 Å². The van der Waals surface area contributed by atoms with E-state index in [-0.39, 0.29) is 17.3 Å². The lowest BCUT2D eigenvalue weighted by atomic mass is 10.1. The van der Waals surface area contributed by atoms with Gasteiger partial charge in [-0.15, -0.1) is 0 Å². The van der Waals surface area contributed by atoms with E-state index < -0.39 is 22.0 Å². The molecule has 31 heavy (non-hydrogen) atoms. The Hall–Kier alpha value is -2.23. The summed E-state index contributed by atoms with van der Waals surface area (Å²) in [6.07, 6.45) is 2.04. The van der Waals surface area contributed by atoms with Crippen molar-refractivity contribution in [1.82, 2.24) is 4.72 Å². The fourth-order valence-corrected chi connectivity index (χ4v) is 4.33. The van der Waals surface area contributed by atoms with Crippen molar-refractivity contribution in [3.05, 3.63) is 58.6 Å². The van der Waals surface area contributed by atoms with E-state index >= 15 is 0 Å². The zero-order chi connectivity index (χ0) is 22.9. The Morgan fingerprint density at radius 3 is 2.26 bits per heavy atom. The first-order valence-corrected chi connectivity index (χ1v) is 12.4. The number of sulfonamides is 1. The highest BCUT2D eigenvalue weighted by atomic mass is 79.9. The number of benzene rings is 2. The predicted octanol–water partition coefficient (Wildman–Crippen LogP) is 4.03. The second kappa shape index (κ2) is 12.0. The number of nitrogens with one attached hydrogen (secondary N) is 2. The summed E-state index contributed by atoms with van der Waals surface area (Å²) in [6, 6.07) is 12.1. The molecule has 2 N–H and O–H groups in total. The van der Waals surface area contributed by atoms with Gasteiger partial charge in [-0.2, -0.15) is 4.72 Å². The van der Waals surface area contributed by atoms with E-state index in [1.165, 1.54) is 12.1 Å². The molecule has 1 atom stereocenters. The quantitative estimate of drug-likeness (QED) is 0.444. The minimum absolute atomic E-state index is 0.0910. The van der Waals surface area contributed by atoms with Crippen molar-refractivity contribution < 1.29 is 22.7 Å². The average molecular weight is 511 g/mol. The molecule has 0 spiro atoms. The summed E-state index contributed by atoms with van der Waals surface area (Å²) in [5.41, 5.74) is 1.27. The molecule has 1 unspecified atom stereocenters. The van der Waals surface area contributed by atoms with Gasteiger partial charge in [0.15, 0.2) is 0 Å². The maximum Gasteiger partial charge on any atom is 0.310 e. The zero-order valence-electron chi connectivity index (χ0n) is 17.6. The molecular formula is C22H27BrN2O5S. The molecule has 0 radical (unpaired) electrons. The van der Waals surface area contributed by atoms with Crippen LogP contribution in [0, 0.1) is 0 Å². The summed E-state index contributed by atoms with van der Waals surface area (Å²) in [5, 5.41) is 2.75. The minimum Gasteiger partial charge on any atom is -0.466 e. The number of hydrogen-bond donors (Lipinski definition) is 2. The van der Waals surface area contributed by atoms with Crippen LogP contribution in [0.3, 0.4) is 0 Å². The van der Waals surface area contributed by atoms with Gasteiger partial charge in [0, 0.05) is 10.2 Å². The van der Waals surface area contributed by atoms with E-state index in [1.807, 2.05) is 6.92 Å². The largest absolute Gasteiger partial charge is 0.466 e. The van der Waals surface area contributed by atoms with Crippen molar-refractivity contribution in [2.24, 2.45) is 0 Å². The van der Waals surface area contributed by atoms with Crippen LogP contribution in [0.4, 0.5) is 5.69 Å². The van der Waals surface area contributed by atoms with E-state index in [1.54, 1.807) is 43.3 Å². The summed E-state index contributed by atoms with van der Waals surface area (Å²) in [4.78, 5) is 24.5. The molecular weight excluding hydrogens is 484 g/mol. The van der Waals surface area contributed by atoms with Gasteiger partial charge in [0.05, 0.1) is 17.9 Å². The molecule has 0 fully saturated rings. The molecule has 2 aromatic carbocycles. The highest BCUT2D eigenvalue weighted by molar-refractivity contribution is 9.10. The van der Waals surface area contributed by atoms with E-state index in [9.17, 15) is 18.0 Å². The number of unbranched alkanes of at least 4 members (excludes halogenated alkanes) is 1. The molecule has 1 amide bonds. The van der Waals surface area contributed by atoms with Gasteiger partial charge in [-0.1, -0.05) is 47.8 Å². The van der Waals surface area contributed by atoms with Gasteiger partial charge in [0.1, 0.15) is 6.04 Å². The fourth-order valence-electron chi connectivity index (χ4n) is 2.83. The molecule has 2 aromatic rings. The van der Waals surface area contributed by atoms with Gasteiger partial charge >= 0.3 is 5.97 Å². The molecule has 0 aliphatic carbocycles. The van der Waals surface area contributed by atoms with Gasteiger partial charge in [0.25, 0.3) is 0 Å². The minimum atomic E-state index is -3.85. The van der Waals surface area contributed by atoms with Crippen molar-refractivity contribution in [3.8, 4) is 0 Å². The van der Waals surface area contributed by atoms with Crippen molar-refractivity contribution >= 4 is 43.5 Å². The second-order valence-corrected chi connectivity index (χ2v) is 9.57. The Bertz CT molecular complexity index is 976. The van der Waals surface area contributed by atoms with Crippen molar-refractivity contribution in [1.29, 1.82) is 0 Å². The first-order chi connectivity index (χ1) is 14.7. The molecule has 0 heterocycles. The number of halogens is 1. The van der Waals surface area contributed by atoms with Gasteiger partial charge in [-0.3, -0.25) is 9.59 Å². The Kier molecular flexibility index (Phi) is 9.67. The molecule has 0 saturated carbocycles. The normalized spacial score (nSPS) is 12.2. The van der Waals surface area contributed by atoms with E-state index in [2.05, 4.69) is 26.0 Å². The van der Waals surface area contributed by atoms with Crippen LogP contribution in [0.5, 0.6) is 0 Å². The third kappa shape index (κ3) is 8.08. The number of carbonyl (C=O) groups excluding carboxylic acids is 2. The van der Waals surface area contributed by atoms with Crippen molar-refractivity contribution in [2.75, 3.05) is 11.9 Å². The average Bonchev–Trinajstić information content (AvgIpc) is 2.73. The van der Waals surface area contributed by atoms with Crippen LogP contribution < -0.4 is 10.0 Å². The monoisotopic (exact) mass is 510 g/mol. The van der Waals surface area contributed by atoms with Crippen LogP contribution in [0.15, 0.2) is 57.9 Å². The number of esters is 1. The van der Waals surface area contributed by atoms with Gasteiger partial charge < -0.3 is 10.1 Å². The lowest BCUT2D eigenvalue weighted by Gasteiger charge is -2.18. The zero-order valence-corrected chi connectivity index (χ0v) is 20.0. The molecule has 0 aliphatic rings. The van der Waals surface area contributed by atoms with Gasteiger partial charge in [-0.05, 0) is 55.3 Å². The van der Waals surface area contributed by atoms with Crippen LogP contribution >= 0.6 is 15.9 Å². The predicted molar refractivity (Wildman–Crippen MR) is 123 cm³/mol. The number of anilines is 1. The topological polar surface area (TPSA) is 102 Å². The van der Waals surface area contributed by atoms with Crippen LogP contribution in [0.2, 0.25) is 0 Å². The summed E-state index contributed by atoms with van der Waals surface area (Å²) in [7, 11) is -3.85. The number of amides is 1. The smallest absolute Gasteiger partial charge is 0.310 e. The third-order valence-electron chi connectivity index (χ3n) is 4.46. The second-order valence-electron chi connectivity index (χ2n) is 6.94. The molecule has 0 aromatic heterocycles. The number of hydrogen-bond acceptors (Lipinski definition) is 5. The highest BCUT2D eigenvalue weighted by Crippen LogP contribution is 2.17. The molecule has 0 aliphatic heterocycles. The number of ether oxygens (including phenoxy) is 1. The maximum absolute atomic E-state index is 12.8. The molecule has 7 nitrogen and oxygen atoms in total. The molecule has 0 saturated heterocycles. The van der Waals surface area contributed by atoms with E-state index in [4.69, 9.17) is 4.74 Å². The van der Waals surface area contributed by atoms with Crippen LogP contribution in [-0.2, 0) is 30.8 Å². The van der Waals surface area contributed by atoms with Crippen molar-refractivity contribution in [2.45, 2.75) is 50.5 Å². The SMILES string of the molecule is CCCCC(NS(=O)(=O)c1ccc(Br)cc1)C(=O)Nc1ccc(CC(=O)OCC)cc1. The van der Waals surface area contributed by atoms with Crippen LogP contribution in [0.25, 0.3) is 0 Å². The highest BCUT2D eigenvalue weighted by Gasteiger charge is 2.25. The van der Waals surface area contributed by atoms with Crippen LogP contribution in [-0.4, -0.2) is 32.9 Å².